The highest BCUT2D eigenvalue weighted by Crippen LogP contribution is 2.63. The van der Waals surface area contributed by atoms with Crippen LogP contribution in [0.5, 0.6) is 23.0 Å². The number of Topliss-reactive ketones (excluding diaryl/α,β-unsaturated/α-hetero) is 1. The molecule has 8 fully saturated rings. The molecule has 0 spiro atoms. The van der Waals surface area contributed by atoms with Crippen LogP contribution in [0.3, 0.4) is 0 Å². The SMILES string of the molecule is CC1(CC(=O)COc2ccc(COc3ccc([S+](c4ccc(OCc5ccc(OCC(=O)OC6(C)C7CC8CC(C7)CC6C8)cc5)cc4)c4ccc(C(F)(F)F)cc4)cc3)cc2)C2CC3CC(C2)CC1C3. The van der Waals surface area contributed by atoms with Crippen LogP contribution in [0.4, 0.5) is 13.2 Å². The van der Waals surface area contributed by atoms with Crippen molar-refractivity contribution < 1.29 is 46.4 Å². The zero-order valence-corrected chi connectivity index (χ0v) is 41.5. The lowest BCUT2D eigenvalue weighted by Gasteiger charge is -2.60. The van der Waals surface area contributed by atoms with Crippen LogP contribution in [0.1, 0.15) is 101 Å². The standard InChI is InChI=1S/C60H64F3O7S/c1-58(45-25-40-23-41(27-45)28-46(58)26-40)33-49(64)36-68-50-9-3-38(4-10-50)34-66-52-13-19-55(20-14-52)71(54-17-7-44(8-18-54)60(61,62)63)56-21-15-53(16-22-56)67-35-39-5-11-51(12-6-39)69-37-57(65)70-59(2)47-29-42-24-43(31-47)32-48(59)30-42/h3-22,40-43,45-48H,23-37H2,1-2H3/q+1. The Balaban J connectivity index is 0.674. The van der Waals surface area contributed by atoms with E-state index in [2.05, 4.69) is 13.8 Å². The van der Waals surface area contributed by atoms with Gasteiger partial charge in [0.1, 0.15) is 48.4 Å². The van der Waals surface area contributed by atoms with Crippen LogP contribution in [-0.2, 0) is 44.6 Å². The molecule has 0 saturated heterocycles. The average molecular weight is 986 g/mol. The number of esters is 1. The van der Waals surface area contributed by atoms with E-state index in [9.17, 15) is 22.8 Å². The average Bonchev–Trinajstić information content (AvgIpc) is 3.36. The Labute approximate surface area is 418 Å². The number of benzene rings is 5. The molecule has 5 aromatic carbocycles. The molecule has 8 aliphatic rings. The van der Waals surface area contributed by atoms with Crippen molar-refractivity contribution in [2.24, 2.45) is 52.8 Å². The van der Waals surface area contributed by atoms with Crippen molar-refractivity contribution in [2.45, 2.75) is 124 Å². The van der Waals surface area contributed by atoms with E-state index in [4.69, 9.17) is 23.7 Å². The van der Waals surface area contributed by atoms with Crippen molar-refractivity contribution in [2.75, 3.05) is 13.2 Å². The smallest absolute Gasteiger partial charge is 0.416 e. The van der Waals surface area contributed by atoms with Gasteiger partial charge in [-0.15, -0.1) is 0 Å². The second-order valence-electron chi connectivity index (χ2n) is 22.2. The van der Waals surface area contributed by atoms with E-state index >= 15 is 0 Å². The Morgan fingerprint density at radius 3 is 1.28 bits per heavy atom. The lowest BCUT2D eigenvalue weighted by atomic mass is 9.45. The highest BCUT2D eigenvalue weighted by atomic mass is 32.2. The topological polar surface area (TPSA) is 80.3 Å². The third-order valence-electron chi connectivity index (χ3n) is 17.6. The quantitative estimate of drug-likeness (QED) is 0.0639. The van der Waals surface area contributed by atoms with Gasteiger partial charge in [-0.25, -0.2) is 4.79 Å². The zero-order chi connectivity index (χ0) is 48.9. The van der Waals surface area contributed by atoms with Crippen molar-refractivity contribution >= 4 is 22.6 Å². The van der Waals surface area contributed by atoms with E-state index in [1.165, 1.54) is 64.2 Å². The second kappa shape index (κ2) is 19.5. The molecule has 0 N–H and O–H groups in total. The normalized spacial score (nSPS) is 29.4. The molecule has 372 valence electrons. The summed E-state index contributed by atoms with van der Waals surface area (Å²) in [5.41, 5.74) is 0.892. The molecule has 1 atom stereocenters. The fourth-order valence-electron chi connectivity index (χ4n) is 14.1. The summed E-state index contributed by atoms with van der Waals surface area (Å²) in [6.45, 7) is 5.08. The third kappa shape index (κ3) is 10.3. The molecular formula is C60H64F3O7S+. The van der Waals surface area contributed by atoms with E-state index in [0.29, 0.717) is 66.3 Å². The summed E-state index contributed by atoms with van der Waals surface area (Å²) in [6.07, 6.45) is 8.76. The molecule has 0 radical (unpaired) electrons. The number of ketones is 1. The Bertz CT molecular complexity index is 2450. The minimum Gasteiger partial charge on any atom is -0.489 e. The van der Waals surface area contributed by atoms with Crippen LogP contribution in [0.15, 0.2) is 136 Å². The lowest BCUT2D eigenvalue weighted by molar-refractivity contribution is -0.204. The van der Waals surface area contributed by atoms with Gasteiger partial charge in [0.05, 0.1) is 16.5 Å². The van der Waals surface area contributed by atoms with Crippen LogP contribution in [0.25, 0.3) is 0 Å². The van der Waals surface area contributed by atoms with Gasteiger partial charge in [0.25, 0.3) is 0 Å². The van der Waals surface area contributed by atoms with Crippen LogP contribution in [-0.4, -0.2) is 30.6 Å². The first kappa shape index (κ1) is 47.9. The molecule has 5 aromatic rings. The fraction of sp³-hybridized carbons (Fsp3) is 0.467. The van der Waals surface area contributed by atoms with Crippen molar-refractivity contribution in [3.05, 3.63) is 138 Å². The van der Waals surface area contributed by atoms with Crippen LogP contribution < -0.4 is 18.9 Å². The summed E-state index contributed by atoms with van der Waals surface area (Å²) in [6, 6.07) is 35.8. The molecule has 71 heavy (non-hydrogen) atoms. The number of hydrogen-bond donors (Lipinski definition) is 0. The molecule has 1 unspecified atom stereocenters. The fourth-order valence-corrected chi connectivity index (χ4v) is 16.2. The van der Waals surface area contributed by atoms with Gasteiger partial charge in [0, 0.05) is 6.42 Å². The molecule has 7 nitrogen and oxygen atoms in total. The Morgan fingerprint density at radius 2 is 0.859 bits per heavy atom. The number of ether oxygens (including phenoxy) is 5. The Kier molecular flexibility index (Phi) is 13.2. The molecule has 0 heterocycles. The predicted molar refractivity (Wildman–Crippen MR) is 265 cm³/mol. The third-order valence-corrected chi connectivity index (χ3v) is 19.9. The first-order valence-corrected chi connectivity index (χ1v) is 27.0. The molecule has 8 aliphatic carbocycles. The molecule has 0 aliphatic heterocycles. The number of halogens is 3. The molecule has 0 aromatic heterocycles. The minimum absolute atomic E-state index is 0.0887. The van der Waals surface area contributed by atoms with Gasteiger partial charge >= 0.3 is 12.1 Å². The summed E-state index contributed by atoms with van der Waals surface area (Å²) in [5.74, 6) is 8.01. The van der Waals surface area contributed by atoms with Crippen molar-refractivity contribution in [3.8, 4) is 23.0 Å². The molecule has 13 rings (SSSR count). The first-order valence-electron chi connectivity index (χ1n) is 25.8. The first-order chi connectivity index (χ1) is 34.2. The van der Waals surface area contributed by atoms with Crippen molar-refractivity contribution in [1.82, 2.24) is 0 Å². The number of alkyl halides is 3. The molecule has 8 saturated carbocycles. The van der Waals surface area contributed by atoms with Gasteiger partial charge < -0.3 is 23.7 Å². The van der Waals surface area contributed by atoms with Gasteiger partial charge in [-0.3, -0.25) is 4.79 Å². The predicted octanol–water partition coefficient (Wildman–Crippen LogP) is 13.9. The summed E-state index contributed by atoms with van der Waals surface area (Å²) in [7, 11) is -0.738. The number of hydrogen-bond acceptors (Lipinski definition) is 7. The van der Waals surface area contributed by atoms with Crippen molar-refractivity contribution in [1.29, 1.82) is 0 Å². The van der Waals surface area contributed by atoms with Gasteiger partial charge in [0.2, 0.25) is 0 Å². The van der Waals surface area contributed by atoms with Crippen LogP contribution in [0, 0.1) is 52.8 Å². The Morgan fingerprint density at radius 1 is 0.493 bits per heavy atom. The number of carbonyl (C=O) groups excluding carboxylic acids is 2. The molecule has 11 heteroatoms. The highest BCUT2D eigenvalue weighted by Gasteiger charge is 2.57. The summed E-state index contributed by atoms with van der Waals surface area (Å²) >= 11 is 0. The monoisotopic (exact) mass is 985 g/mol. The van der Waals surface area contributed by atoms with E-state index in [1.54, 1.807) is 12.1 Å². The van der Waals surface area contributed by atoms with E-state index in [-0.39, 0.29) is 36.0 Å². The summed E-state index contributed by atoms with van der Waals surface area (Å²) < 4.78 is 71.1. The van der Waals surface area contributed by atoms with Gasteiger partial charge in [-0.2, -0.15) is 13.2 Å². The van der Waals surface area contributed by atoms with Crippen LogP contribution >= 0.6 is 0 Å². The number of carbonyl (C=O) groups is 2. The van der Waals surface area contributed by atoms with Crippen LogP contribution in [0.2, 0.25) is 0 Å². The van der Waals surface area contributed by atoms with E-state index in [1.807, 2.05) is 97.1 Å². The summed E-state index contributed by atoms with van der Waals surface area (Å²) in [5, 5.41) is 0. The number of rotatable bonds is 18. The van der Waals surface area contributed by atoms with E-state index < -0.39 is 22.6 Å². The van der Waals surface area contributed by atoms with Gasteiger partial charge in [-0.05, 0) is 232 Å². The molecule has 0 amide bonds. The second-order valence-corrected chi connectivity index (χ2v) is 24.2. The van der Waals surface area contributed by atoms with Gasteiger partial charge in [0.15, 0.2) is 27.1 Å². The zero-order valence-electron chi connectivity index (χ0n) is 40.7. The van der Waals surface area contributed by atoms with Gasteiger partial charge in [-0.1, -0.05) is 31.2 Å². The summed E-state index contributed by atoms with van der Waals surface area (Å²) in [4.78, 5) is 28.7. The maximum absolute atomic E-state index is 13.6. The maximum atomic E-state index is 13.6. The molecular weight excluding hydrogens is 922 g/mol. The van der Waals surface area contributed by atoms with E-state index in [0.717, 1.165) is 61.6 Å². The largest absolute Gasteiger partial charge is 0.489 e. The minimum atomic E-state index is -4.44. The lowest BCUT2D eigenvalue weighted by Crippen LogP contribution is -2.58. The Hall–Kier alpha value is -5.42. The van der Waals surface area contributed by atoms with Crippen molar-refractivity contribution in [3.63, 3.8) is 0 Å². The molecule has 8 bridgehead atoms. The maximum Gasteiger partial charge on any atom is 0.416 e. The highest BCUT2D eigenvalue weighted by molar-refractivity contribution is 7.97.